The van der Waals surface area contributed by atoms with Crippen LogP contribution in [0.1, 0.15) is 6.42 Å². The zero-order valence-corrected chi connectivity index (χ0v) is 34.1. The summed E-state index contributed by atoms with van der Waals surface area (Å²) in [5.74, 6) is 0.481. The Morgan fingerprint density at radius 1 is 0.443 bits per heavy atom. The summed E-state index contributed by atoms with van der Waals surface area (Å²) in [5, 5.41) is 14.4. The smallest absolute Gasteiger partial charge is 0.0836 e. The van der Waals surface area contributed by atoms with Gasteiger partial charge in [0.1, 0.15) is 0 Å². The lowest BCUT2D eigenvalue weighted by Crippen LogP contribution is -2.21. The lowest BCUT2D eigenvalue weighted by molar-refractivity contribution is 0.662. The van der Waals surface area contributed by atoms with E-state index in [1.54, 1.807) is 0 Å². The van der Waals surface area contributed by atoms with Crippen LogP contribution in [-0.4, -0.2) is 14.5 Å². The topological polar surface area (TPSA) is 21.9 Å². The molecule has 3 nitrogen and oxygen atoms in total. The first-order valence-corrected chi connectivity index (χ1v) is 22.1. The first kappa shape index (κ1) is 34.6. The fourth-order valence-electron chi connectivity index (χ4n) is 10.1. The molecule has 0 amide bonds. The van der Waals surface area contributed by atoms with Crippen molar-refractivity contribution < 1.29 is 0 Å². The molecule has 11 aromatic rings. The highest BCUT2D eigenvalue weighted by atomic mass is 32.2. The Bertz CT molecular complexity index is 3630. The first-order chi connectivity index (χ1) is 30.2. The molecule has 288 valence electrons. The Morgan fingerprint density at radius 3 is 1.62 bits per heavy atom. The van der Waals surface area contributed by atoms with Crippen molar-refractivity contribution in [2.24, 2.45) is 5.92 Å². The monoisotopic (exact) mass is 797 g/mol. The minimum atomic E-state index is 0.339. The molecule has 0 fully saturated rings. The summed E-state index contributed by atoms with van der Waals surface area (Å²) in [6, 6.07) is 67.4. The Balaban J connectivity index is 0.946. The van der Waals surface area contributed by atoms with Crippen molar-refractivity contribution in [2.75, 3.05) is 5.32 Å². The van der Waals surface area contributed by atoms with Gasteiger partial charge in [0.2, 0.25) is 0 Å². The second-order valence-corrected chi connectivity index (χ2v) is 17.6. The molecule has 2 atom stereocenters. The van der Waals surface area contributed by atoms with Crippen LogP contribution in [0.3, 0.4) is 0 Å². The molecule has 13 rings (SSSR count). The van der Waals surface area contributed by atoms with Gasteiger partial charge in [0.05, 0.1) is 27.4 Å². The van der Waals surface area contributed by atoms with E-state index in [2.05, 4.69) is 221 Å². The molecule has 0 saturated heterocycles. The Labute approximate surface area is 357 Å². The predicted molar refractivity (Wildman–Crippen MR) is 261 cm³/mol. The fraction of sp³-hybridized carbons (Fsp3) is 0.0526. The number of thioether (sulfide) groups is 1. The van der Waals surface area contributed by atoms with Crippen LogP contribution in [-0.2, 0) is 0 Å². The van der Waals surface area contributed by atoms with Gasteiger partial charge < -0.3 is 14.5 Å². The number of anilines is 1. The van der Waals surface area contributed by atoms with Gasteiger partial charge in [-0.3, -0.25) is 0 Å². The number of para-hydroxylation sites is 3. The maximum absolute atomic E-state index is 3.85. The zero-order valence-electron chi connectivity index (χ0n) is 33.3. The number of hydrogen-bond acceptors (Lipinski definition) is 2. The fourth-order valence-corrected chi connectivity index (χ4v) is 11.5. The number of benzene rings is 9. The molecule has 9 aromatic carbocycles. The van der Waals surface area contributed by atoms with E-state index in [0.717, 1.165) is 12.1 Å². The molecule has 0 saturated carbocycles. The molecule has 61 heavy (non-hydrogen) atoms. The van der Waals surface area contributed by atoms with Gasteiger partial charge in [0.25, 0.3) is 0 Å². The normalized spacial score (nSPS) is 16.1. The van der Waals surface area contributed by atoms with Crippen LogP contribution in [0.25, 0.3) is 98.8 Å². The average molecular weight is 798 g/mol. The van der Waals surface area contributed by atoms with Crippen LogP contribution >= 0.6 is 11.8 Å². The summed E-state index contributed by atoms with van der Waals surface area (Å²) in [5.41, 5.74) is 13.3. The van der Waals surface area contributed by atoms with Crippen molar-refractivity contribution >= 4 is 82.6 Å². The van der Waals surface area contributed by atoms with E-state index in [1.165, 1.54) is 104 Å². The van der Waals surface area contributed by atoms with Crippen LogP contribution in [0.15, 0.2) is 211 Å². The summed E-state index contributed by atoms with van der Waals surface area (Å²) in [6.45, 7) is 0. The largest absolute Gasteiger partial charge is 0.371 e. The third-order valence-corrected chi connectivity index (χ3v) is 14.4. The Hall–Kier alpha value is -7.27. The molecule has 2 aromatic heterocycles. The third-order valence-electron chi connectivity index (χ3n) is 13.0. The quantitative estimate of drug-likeness (QED) is 0.175. The van der Waals surface area contributed by atoms with Crippen molar-refractivity contribution in [1.82, 2.24) is 9.13 Å². The number of allylic oxidation sites excluding steroid dienone is 3. The Kier molecular flexibility index (Phi) is 7.73. The SMILES string of the molecule is C1=CCC(C2Nc3ccc4ccc5cc(-c6ccc7c(c6)c6cc(-c8ccc9c(c8)c8ccccc8n9-c8ccccc8)ccc6n7-c6ccccc6)ccc5c4c3S2)C=C1. The number of nitrogens with one attached hydrogen (secondary N) is 1. The number of aromatic nitrogens is 2. The van der Waals surface area contributed by atoms with Crippen molar-refractivity contribution in [3.05, 3.63) is 206 Å². The minimum absolute atomic E-state index is 0.339. The van der Waals surface area contributed by atoms with Gasteiger partial charge in [0.15, 0.2) is 0 Å². The van der Waals surface area contributed by atoms with Crippen LogP contribution in [0.5, 0.6) is 0 Å². The maximum atomic E-state index is 3.85. The van der Waals surface area contributed by atoms with E-state index in [-0.39, 0.29) is 0 Å². The van der Waals surface area contributed by atoms with Crippen LogP contribution < -0.4 is 5.32 Å². The highest BCUT2D eigenvalue weighted by Crippen LogP contribution is 2.49. The molecule has 0 bridgehead atoms. The third kappa shape index (κ3) is 5.45. The number of hydrogen-bond donors (Lipinski definition) is 1. The van der Waals surface area contributed by atoms with E-state index in [9.17, 15) is 0 Å². The van der Waals surface area contributed by atoms with Crippen LogP contribution in [0.4, 0.5) is 5.69 Å². The number of fused-ring (bicyclic) bond motifs is 11. The summed E-state index contributed by atoms with van der Waals surface area (Å²) < 4.78 is 4.80. The predicted octanol–water partition coefficient (Wildman–Crippen LogP) is 15.5. The molecule has 0 spiro atoms. The molecule has 2 unspecified atom stereocenters. The second kappa shape index (κ2) is 13.6. The van der Waals surface area contributed by atoms with E-state index >= 15 is 0 Å². The van der Waals surface area contributed by atoms with Gasteiger partial charge in [-0.25, -0.2) is 0 Å². The van der Waals surface area contributed by atoms with Crippen molar-refractivity contribution in [3.63, 3.8) is 0 Å². The second-order valence-electron chi connectivity index (χ2n) is 16.5. The summed E-state index contributed by atoms with van der Waals surface area (Å²) in [7, 11) is 0. The zero-order chi connectivity index (χ0) is 40.0. The van der Waals surface area contributed by atoms with Gasteiger partial charge in [0, 0.05) is 54.8 Å². The standard InChI is InChI=1S/C57H39N3S/c1-4-12-37(13-5-1)57-58-50-28-23-36-20-21-42-32-38(22-27-45(42)55(36)56(50)61-57)39-24-30-53-48(34-39)49-35-41(26-31-54(49)60(53)44-16-8-3-9-17-44)40-25-29-52-47(33-40)46-18-10-11-19-51(46)59(52)43-14-6-2-7-15-43/h1-12,14-35,37,57-58H,13H2. The molecule has 3 heterocycles. The van der Waals surface area contributed by atoms with Crippen LogP contribution in [0, 0.1) is 5.92 Å². The number of rotatable bonds is 5. The highest BCUT2D eigenvalue weighted by molar-refractivity contribution is 8.00. The lowest BCUT2D eigenvalue weighted by atomic mass is 9.96. The molecule has 2 aliphatic rings. The highest BCUT2D eigenvalue weighted by Gasteiger charge is 2.29. The molecule has 1 N–H and O–H groups in total. The molecule has 0 radical (unpaired) electrons. The average Bonchev–Trinajstić information content (AvgIpc) is 4.02. The minimum Gasteiger partial charge on any atom is -0.371 e. The van der Waals surface area contributed by atoms with E-state index < -0.39 is 0 Å². The Morgan fingerprint density at radius 2 is 0.984 bits per heavy atom. The lowest BCUT2D eigenvalue weighted by Gasteiger charge is -2.20. The molecule has 1 aliphatic carbocycles. The molecule has 4 heteroatoms. The van der Waals surface area contributed by atoms with Crippen LogP contribution in [0.2, 0.25) is 0 Å². The van der Waals surface area contributed by atoms with Crippen molar-refractivity contribution in [3.8, 4) is 33.6 Å². The number of nitrogens with zero attached hydrogens (tertiary/aromatic N) is 2. The van der Waals surface area contributed by atoms with Gasteiger partial charge in [-0.05, 0) is 124 Å². The van der Waals surface area contributed by atoms with E-state index in [1.807, 2.05) is 11.8 Å². The van der Waals surface area contributed by atoms with Gasteiger partial charge in [-0.2, -0.15) is 0 Å². The first-order valence-electron chi connectivity index (χ1n) is 21.2. The summed E-state index contributed by atoms with van der Waals surface area (Å²) in [6.07, 6.45) is 10.1. The summed E-state index contributed by atoms with van der Waals surface area (Å²) >= 11 is 1.99. The van der Waals surface area contributed by atoms with Crippen molar-refractivity contribution in [1.29, 1.82) is 0 Å². The van der Waals surface area contributed by atoms with E-state index in [0.29, 0.717) is 11.3 Å². The summed E-state index contributed by atoms with van der Waals surface area (Å²) in [4.78, 5) is 1.37. The van der Waals surface area contributed by atoms with Crippen molar-refractivity contribution in [2.45, 2.75) is 16.7 Å². The van der Waals surface area contributed by atoms with Gasteiger partial charge in [-0.15, -0.1) is 0 Å². The van der Waals surface area contributed by atoms with Gasteiger partial charge >= 0.3 is 0 Å². The van der Waals surface area contributed by atoms with Gasteiger partial charge in [-0.1, -0.05) is 139 Å². The maximum Gasteiger partial charge on any atom is 0.0836 e. The van der Waals surface area contributed by atoms with E-state index in [4.69, 9.17) is 0 Å². The molecular weight excluding hydrogens is 759 g/mol. The molecule has 1 aliphatic heterocycles. The molecular formula is C57H39N3S.